The molecule has 2 N–H and O–H groups in total. The largest absolute Gasteiger partial charge is 0.381 e. The molecule has 0 radical (unpaired) electrons. The van der Waals surface area contributed by atoms with Crippen molar-refractivity contribution in [2.45, 2.75) is 11.4 Å². The van der Waals surface area contributed by atoms with Gasteiger partial charge in [-0.3, -0.25) is 14.6 Å². The molecule has 8 heteroatoms. The van der Waals surface area contributed by atoms with Crippen LogP contribution in [0.4, 0.5) is 0 Å². The van der Waals surface area contributed by atoms with Crippen molar-refractivity contribution in [2.24, 2.45) is 11.8 Å². The predicted octanol–water partition coefficient (Wildman–Crippen LogP) is 1.54. The average molecular weight is 387 g/mol. The summed E-state index contributed by atoms with van der Waals surface area (Å²) in [6.45, 7) is 1.37. The standard InChI is InChI=1S/C19H19ClN4O3/c1-21-19(26)15-7-10(18(25)24-17-11-8-27-9-12(11)17)6-14(23-15)16(20)13-4-2-3-5-22-13/h2-7,11-12,16-17H,8-9H2,1H3,(H,21,26)(H,24,25)/t11-,12+,16?,17?. The van der Waals surface area contributed by atoms with Crippen molar-refractivity contribution in [1.29, 1.82) is 0 Å². The van der Waals surface area contributed by atoms with Crippen LogP contribution in [0, 0.1) is 11.8 Å². The Bertz CT molecular complexity index is 867. The maximum absolute atomic E-state index is 12.7. The lowest BCUT2D eigenvalue weighted by atomic mass is 10.1. The van der Waals surface area contributed by atoms with Crippen LogP contribution in [0.5, 0.6) is 0 Å². The molecule has 2 aromatic rings. The van der Waals surface area contributed by atoms with E-state index in [0.717, 1.165) is 0 Å². The number of carbonyl (C=O) groups is 2. The van der Waals surface area contributed by atoms with Crippen LogP contribution < -0.4 is 10.6 Å². The number of carbonyl (C=O) groups excluding carboxylic acids is 2. The number of hydrogen-bond acceptors (Lipinski definition) is 5. The summed E-state index contributed by atoms with van der Waals surface area (Å²) in [6, 6.07) is 8.61. The van der Waals surface area contributed by atoms with E-state index >= 15 is 0 Å². The molecule has 2 amide bonds. The van der Waals surface area contributed by atoms with Gasteiger partial charge >= 0.3 is 0 Å². The van der Waals surface area contributed by atoms with Crippen molar-refractivity contribution in [1.82, 2.24) is 20.6 Å². The van der Waals surface area contributed by atoms with Crippen LogP contribution in [0.15, 0.2) is 36.5 Å². The van der Waals surface area contributed by atoms with Gasteiger partial charge in [0.1, 0.15) is 11.1 Å². The van der Waals surface area contributed by atoms with Crippen LogP contribution in [0.1, 0.15) is 37.6 Å². The maximum Gasteiger partial charge on any atom is 0.269 e. The Kier molecular flexibility index (Phi) is 4.80. The number of nitrogens with zero attached hydrogens (tertiary/aromatic N) is 2. The molecular weight excluding hydrogens is 368 g/mol. The molecule has 4 rings (SSSR count). The monoisotopic (exact) mass is 386 g/mol. The summed E-state index contributed by atoms with van der Waals surface area (Å²) in [7, 11) is 1.51. The van der Waals surface area contributed by atoms with E-state index in [9.17, 15) is 9.59 Å². The molecule has 2 aliphatic rings. The second kappa shape index (κ2) is 7.25. The fourth-order valence-corrected chi connectivity index (χ4v) is 3.66. The molecule has 2 fully saturated rings. The second-order valence-electron chi connectivity index (χ2n) is 6.73. The molecule has 4 atom stereocenters. The van der Waals surface area contributed by atoms with Gasteiger partial charge in [-0.1, -0.05) is 6.07 Å². The number of rotatable bonds is 5. The van der Waals surface area contributed by atoms with E-state index in [0.29, 0.717) is 42.0 Å². The number of halogens is 1. The van der Waals surface area contributed by atoms with Gasteiger partial charge in [-0.15, -0.1) is 11.6 Å². The topological polar surface area (TPSA) is 93.2 Å². The third-order valence-electron chi connectivity index (χ3n) is 5.02. The highest BCUT2D eigenvalue weighted by molar-refractivity contribution is 6.22. The molecule has 7 nitrogen and oxygen atoms in total. The van der Waals surface area contributed by atoms with Crippen molar-refractivity contribution in [3.05, 3.63) is 59.2 Å². The highest BCUT2D eigenvalue weighted by Crippen LogP contribution is 2.44. The molecule has 0 spiro atoms. The van der Waals surface area contributed by atoms with Crippen LogP contribution in [-0.4, -0.2) is 48.1 Å². The number of fused-ring (bicyclic) bond motifs is 1. The summed E-state index contributed by atoms with van der Waals surface area (Å²) >= 11 is 6.52. The van der Waals surface area contributed by atoms with Crippen molar-refractivity contribution in [3.8, 4) is 0 Å². The Morgan fingerprint density at radius 2 is 1.96 bits per heavy atom. The van der Waals surface area contributed by atoms with E-state index in [1.807, 2.05) is 6.07 Å². The lowest BCUT2D eigenvalue weighted by molar-refractivity contribution is 0.0928. The summed E-state index contributed by atoms with van der Waals surface area (Å²) in [6.07, 6.45) is 1.63. The maximum atomic E-state index is 12.7. The van der Waals surface area contributed by atoms with Crippen LogP contribution >= 0.6 is 11.6 Å². The number of alkyl halides is 1. The van der Waals surface area contributed by atoms with Crippen LogP contribution in [0.3, 0.4) is 0 Å². The summed E-state index contributed by atoms with van der Waals surface area (Å²) in [5, 5.41) is 4.89. The minimum atomic E-state index is -0.670. The summed E-state index contributed by atoms with van der Waals surface area (Å²) in [4.78, 5) is 33.4. The number of amides is 2. The van der Waals surface area contributed by atoms with E-state index in [1.165, 1.54) is 13.1 Å². The van der Waals surface area contributed by atoms with E-state index in [4.69, 9.17) is 16.3 Å². The molecule has 0 bridgehead atoms. The molecule has 2 unspecified atom stereocenters. The highest BCUT2D eigenvalue weighted by atomic mass is 35.5. The van der Waals surface area contributed by atoms with E-state index in [2.05, 4.69) is 20.6 Å². The minimum absolute atomic E-state index is 0.133. The van der Waals surface area contributed by atoms with Gasteiger partial charge in [0.05, 0.1) is 24.6 Å². The Morgan fingerprint density at radius 1 is 1.19 bits per heavy atom. The molecular formula is C19H19ClN4O3. The zero-order valence-electron chi connectivity index (χ0n) is 14.7. The lowest BCUT2D eigenvalue weighted by Gasteiger charge is -2.13. The molecule has 1 saturated carbocycles. The van der Waals surface area contributed by atoms with Gasteiger partial charge < -0.3 is 15.4 Å². The first kappa shape index (κ1) is 17.9. The van der Waals surface area contributed by atoms with Gasteiger partial charge in [-0.25, -0.2) is 4.98 Å². The number of ether oxygens (including phenoxy) is 1. The van der Waals surface area contributed by atoms with E-state index in [-0.39, 0.29) is 23.6 Å². The van der Waals surface area contributed by atoms with E-state index < -0.39 is 5.38 Å². The molecule has 1 saturated heterocycles. The average Bonchev–Trinajstić information content (AvgIpc) is 3.13. The molecule has 27 heavy (non-hydrogen) atoms. The number of hydrogen-bond donors (Lipinski definition) is 2. The second-order valence-corrected chi connectivity index (χ2v) is 7.16. The quantitative estimate of drug-likeness (QED) is 0.760. The smallest absolute Gasteiger partial charge is 0.269 e. The summed E-state index contributed by atoms with van der Waals surface area (Å²) in [5.41, 5.74) is 1.49. The Hall–Kier alpha value is -2.51. The van der Waals surface area contributed by atoms with Crippen LogP contribution in [-0.2, 0) is 4.74 Å². The first-order chi connectivity index (χ1) is 13.1. The highest BCUT2D eigenvalue weighted by Gasteiger charge is 2.54. The van der Waals surface area contributed by atoms with Gasteiger partial charge in [0.25, 0.3) is 11.8 Å². The number of pyridine rings is 2. The third kappa shape index (κ3) is 3.52. The fourth-order valence-electron chi connectivity index (χ4n) is 3.42. The molecule has 2 aromatic heterocycles. The molecule has 3 heterocycles. The number of nitrogens with one attached hydrogen (secondary N) is 2. The Labute approximate surface area is 161 Å². The predicted molar refractivity (Wildman–Crippen MR) is 98.6 cm³/mol. The minimum Gasteiger partial charge on any atom is -0.381 e. The fraction of sp³-hybridized carbons (Fsp3) is 0.368. The SMILES string of the molecule is CNC(=O)c1cc(C(=O)NC2[C@H]3COC[C@@H]23)cc(C(Cl)c2ccccn2)n1. The van der Waals surface area contributed by atoms with E-state index in [1.54, 1.807) is 24.4 Å². The summed E-state index contributed by atoms with van der Waals surface area (Å²) < 4.78 is 5.35. The van der Waals surface area contributed by atoms with Gasteiger partial charge in [-0.05, 0) is 24.3 Å². The third-order valence-corrected chi connectivity index (χ3v) is 5.47. The van der Waals surface area contributed by atoms with Gasteiger partial charge in [-0.2, -0.15) is 0 Å². The Balaban J connectivity index is 1.62. The van der Waals surface area contributed by atoms with Crippen molar-refractivity contribution < 1.29 is 14.3 Å². The zero-order chi connectivity index (χ0) is 19.0. The molecule has 1 aliphatic heterocycles. The first-order valence-corrected chi connectivity index (χ1v) is 9.20. The lowest BCUT2D eigenvalue weighted by Crippen LogP contribution is -2.30. The molecule has 0 aromatic carbocycles. The van der Waals surface area contributed by atoms with Gasteiger partial charge in [0, 0.05) is 36.7 Å². The van der Waals surface area contributed by atoms with Crippen LogP contribution in [0.25, 0.3) is 0 Å². The Morgan fingerprint density at radius 3 is 2.63 bits per heavy atom. The number of aromatic nitrogens is 2. The zero-order valence-corrected chi connectivity index (χ0v) is 15.4. The van der Waals surface area contributed by atoms with Crippen LogP contribution in [0.2, 0.25) is 0 Å². The van der Waals surface area contributed by atoms with Crippen molar-refractivity contribution in [3.63, 3.8) is 0 Å². The molecule has 140 valence electrons. The normalized spacial score (nSPS) is 24.0. The van der Waals surface area contributed by atoms with Gasteiger partial charge in [0.15, 0.2) is 0 Å². The van der Waals surface area contributed by atoms with Gasteiger partial charge in [0.2, 0.25) is 0 Å². The first-order valence-electron chi connectivity index (χ1n) is 8.76. The summed E-state index contributed by atoms with van der Waals surface area (Å²) in [5.74, 6) is 0.159. The van der Waals surface area contributed by atoms with Crippen molar-refractivity contribution >= 4 is 23.4 Å². The molecule has 1 aliphatic carbocycles. The van der Waals surface area contributed by atoms with Crippen molar-refractivity contribution in [2.75, 3.05) is 20.3 Å².